The van der Waals surface area contributed by atoms with Gasteiger partial charge in [-0.05, 0) is 24.7 Å². The van der Waals surface area contributed by atoms with Gasteiger partial charge < -0.3 is 4.74 Å². The average Bonchev–Trinajstić information content (AvgIpc) is 2.07. The van der Waals surface area contributed by atoms with Gasteiger partial charge in [0.2, 0.25) is 0 Å². The Morgan fingerprint density at radius 2 is 2.25 bits per heavy atom. The fraction of sp³-hybridized carbons (Fsp3) is 0.900. The maximum Gasteiger partial charge on any atom is 0.0662 e. The summed E-state index contributed by atoms with van der Waals surface area (Å²) in [5.41, 5.74) is 0. The largest absolute Gasteiger partial charge is 0.381 e. The van der Waals surface area contributed by atoms with Gasteiger partial charge in [0.1, 0.15) is 0 Å². The first-order valence-corrected chi connectivity index (χ1v) is 4.73. The number of ether oxygens (including phenoxy) is 1. The van der Waals surface area contributed by atoms with Gasteiger partial charge >= 0.3 is 0 Å². The summed E-state index contributed by atoms with van der Waals surface area (Å²) in [4.78, 5) is 0. The van der Waals surface area contributed by atoms with E-state index < -0.39 is 0 Å². The second-order valence-electron chi connectivity index (χ2n) is 3.88. The van der Waals surface area contributed by atoms with Crippen molar-refractivity contribution < 1.29 is 4.74 Å². The molecule has 0 amide bonds. The summed E-state index contributed by atoms with van der Waals surface area (Å²) in [6.07, 6.45) is 2.28. The van der Waals surface area contributed by atoms with Crippen LogP contribution in [0.15, 0.2) is 0 Å². The lowest BCUT2D eigenvalue weighted by Crippen LogP contribution is -2.27. The van der Waals surface area contributed by atoms with E-state index in [-0.39, 0.29) is 5.92 Å². The summed E-state index contributed by atoms with van der Waals surface area (Å²) in [6, 6.07) is 2.39. The van der Waals surface area contributed by atoms with E-state index in [1.165, 1.54) is 0 Å². The van der Waals surface area contributed by atoms with E-state index in [4.69, 9.17) is 10.00 Å². The predicted octanol–water partition coefficient (Wildman–Crippen LogP) is 2.21. The van der Waals surface area contributed by atoms with Crippen LogP contribution in [-0.4, -0.2) is 13.2 Å². The van der Waals surface area contributed by atoms with E-state index in [0.717, 1.165) is 26.1 Å². The van der Waals surface area contributed by atoms with Crippen molar-refractivity contribution in [2.75, 3.05) is 13.2 Å². The highest BCUT2D eigenvalue weighted by molar-refractivity contribution is 4.90. The Balaban J connectivity index is 2.47. The minimum absolute atomic E-state index is 0.185. The lowest BCUT2D eigenvalue weighted by Gasteiger charge is -2.27. The molecule has 1 rings (SSSR count). The summed E-state index contributed by atoms with van der Waals surface area (Å²) in [5, 5.41) is 8.94. The van der Waals surface area contributed by atoms with Gasteiger partial charge in [0.15, 0.2) is 0 Å². The van der Waals surface area contributed by atoms with Crippen molar-refractivity contribution >= 4 is 0 Å². The number of nitriles is 1. The van der Waals surface area contributed by atoms with Gasteiger partial charge in [-0.25, -0.2) is 0 Å². The molecule has 0 N–H and O–H groups in total. The lowest BCUT2D eigenvalue weighted by molar-refractivity contribution is 0.0326. The van der Waals surface area contributed by atoms with Gasteiger partial charge in [0.05, 0.1) is 18.6 Å². The molecule has 1 aliphatic heterocycles. The molecule has 1 saturated heterocycles. The van der Waals surface area contributed by atoms with Crippen molar-refractivity contribution in [1.82, 2.24) is 0 Å². The van der Waals surface area contributed by atoms with Crippen LogP contribution in [0.3, 0.4) is 0 Å². The molecule has 1 fully saturated rings. The summed E-state index contributed by atoms with van der Waals surface area (Å²) < 4.78 is 5.36. The molecule has 1 heterocycles. The molecule has 0 aromatic carbocycles. The topological polar surface area (TPSA) is 33.0 Å². The number of rotatable bonds is 2. The monoisotopic (exact) mass is 167 g/mol. The van der Waals surface area contributed by atoms with Crippen molar-refractivity contribution in [1.29, 1.82) is 5.26 Å². The molecule has 2 unspecified atom stereocenters. The van der Waals surface area contributed by atoms with Crippen LogP contribution in [0.1, 0.15) is 26.7 Å². The minimum atomic E-state index is 0.185. The predicted molar refractivity (Wildman–Crippen MR) is 47.5 cm³/mol. The minimum Gasteiger partial charge on any atom is -0.381 e. The summed E-state index contributed by atoms with van der Waals surface area (Å²) in [5.74, 6) is 1.12. The van der Waals surface area contributed by atoms with Crippen molar-refractivity contribution in [3.05, 3.63) is 0 Å². The van der Waals surface area contributed by atoms with Crippen LogP contribution in [0.4, 0.5) is 0 Å². The molecule has 0 aliphatic carbocycles. The first kappa shape index (κ1) is 9.54. The molecule has 0 radical (unpaired) electrons. The Morgan fingerprint density at radius 1 is 1.50 bits per heavy atom. The van der Waals surface area contributed by atoms with Crippen LogP contribution in [-0.2, 0) is 4.74 Å². The summed E-state index contributed by atoms with van der Waals surface area (Å²) >= 11 is 0. The van der Waals surface area contributed by atoms with Crippen LogP contribution in [0.25, 0.3) is 0 Å². The molecule has 0 saturated carbocycles. The van der Waals surface area contributed by atoms with Crippen LogP contribution in [0.5, 0.6) is 0 Å². The molecule has 2 atom stereocenters. The number of hydrogen-bond acceptors (Lipinski definition) is 2. The Bertz CT molecular complexity index is 165. The van der Waals surface area contributed by atoms with Crippen LogP contribution in [0.2, 0.25) is 0 Å². The Morgan fingerprint density at radius 3 is 2.67 bits per heavy atom. The molecule has 2 nitrogen and oxygen atoms in total. The van der Waals surface area contributed by atoms with Gasteiger partial charge in [0.25, 0.3) is 0 Å². The molecular formula is C10H17NO. The van der Waals surface area contributed by atoms with E-state index in [9.17, 15) is 0 Å². The van der Waals surface area contributed by atoms with Crippen molar-refractivity contribution in [3.8, 4) is 6.07 Å². The lowest BCUT2D eigenvalue weighted by atomic mass is 9.81. The summed E-state index contributed by atoms with van der Waals surface area (Å²) in [6.45, 7) is 5.90. The second-order valence-corrected chi connectivity index (χ2v) is 3.88. The highest BCUT2D eigenvalue weighted by atomic mass is 16.5. The van der Waals surface area contributed by atoms with Gasteiger partial charge in [0, 0.05) is 6.61 Å². The molecule has 1 aliphatic rings. The third-order valence-corrected chi connectivity index (χ3v) is 2.57. The molecule has 0 aromatic rings. The summed E-state index contributed by atoms with van der Waals surface area (Å²) in [7, 11) is 0. The van der Waals surface area contributed by atoms with Crippen LogP contribution in [0, 0.1) is 29.1 Å². The van der Waals surface area contributed by atoms with Gasteiger partial charge in [-0.1, -0.05) is 13.8 Å². The Kier molecular flexibility index (Phi) is 3.55. The van der Waals surface area contributed by atoms with E-state index in [1.807, 2.05) is 0 Å². The molecule has 0 bridgehead atoms. The Hall–Kier alpha value is -0.550. The number of nitrogens with zero attached hydrogens (tertiary/aromatic N) is 1. The first-order chi connectivity index (χ1) is 5.75. The van der Waals surface area contributed by atoms with Crippen LogP contribution < -0.4 is 0 Å². The fourth-order valence-electron chi connectivity index (χ4n) is 1.85. The van der Waals surface area contributed by atoms with E-state index >= 15 is 0 Å². The standard InChI is InChI=1S/C10H17NO/c1-8(2)10(6-11)9-4-3-5-12-7-9/h8-10H,3-5,7H2,1-2H3. The van der Waals surface area contributed by atoms with Crippen LogP contribution >= 0.6 is 0 Å². The quantitative estimate of drug-likeness (QED) is 0.631. The van der Waals surface area contributed by atoms with E-state index in [0.29, 0.717) is 11.8 Å². The number of hydrogen-bond donors (Lipinski definition) is 0. The van der Waals surface area contributed by atoms with Gasteiger partial charge in [-0.3, -0.25) is 0 Å². The zero-order chi connectivity index (χ0) is 8.97. The molecular weight excluding hydrogens is 150 g/mol. The van der Waals surface area contributed by atoms with Gasteiger partial charge in [-0.15, -0.1) is 0 Å². The van der Waals surface area contributed by atoms with Crippen molar-refractivity contribution in [3.63, 3.8) is 0 Å². The Labute approximate surface area is 74.5 Å². The maximum absolute atomic E-state index is 8.94. The maximum atomic E-state index is 8.94. The highest BCUT2D eigenvalue weighted by Crippen LogP contribution is 2.27. The van der Waals surface area contributed by atoms with Gasteiger partial charge in [-0.2, -0.15) is 5.26 Å². The fourth-order valence-corrected chi connectivity index (χ4v) is 1.85. The molecule has 0 spiro atoms. The SMILES string of the molecule is CC(C)C(C#N)C1CCCOC1. The molecule has 68 valence electrons. The molecule has 2 heteroatoms. The van der Waals surface area contributed by atoms with Crippen molar-refractivity contribution in [2.45, 2.75) is 26.7 Å². The van der Waals surface area contributed by atoms with E-state index in [1.54, 1.807) is 0 Å². The second kappa shape index (κ2) is 4.47. The third kappa shape index (κ3) is 2.22. The van der Waals surface area contributed by atoms with E-state index in [2.05, 4.69) is 19.9 Å². The average molecular weight is 167 g/mol. The normalized spacial score (nSPS) is 26.7. The third-order valence-electron chi connectivity index (χ3n) is 2.57. The molecule has 12 heavy (non-hydrogen) atoms. The zero-order valence-electron chi connectivity index (χ0n) is 7.92. The highest BCUT2D eigenvalue weighted by Gasteiger charge is 2.26. The smallest absolute Gasteiger partial charge is 0.0662 e. The first-order valence-electron chi connectivity index (χ1n) is 4.73. The zero-order valence-corrected chi connectivity index (χ0v) is 7.92. The van der Waals surface area contributed by atoms with Crippen molar-refractivity contribution in [2.24, 2.45) is 17.8 Å². The molecule has 0 aromatic heterocycles.